The molecular formula is C12H18N2O. The second kappa shape index (κ2) is 5.39. The molecule has 0 fully saturated rings. The lowest BCUT2D eigenvalue weighted by Gasteiger charge is -2.10. The van der Waals surface area contributed by atoms with Crippen molar-refractivity contribution in [2.45, 2.75) is 33.1 Å². The van der Waals surface area contributed by atoms with Crippen molar-refractivity contribution < 1.29 is 4.79 Å². The third kappa shape index (κ3) is 3.62. The highest BCUT2D eigenvalue weighted by molar-refractivity contribution is 5.88. The van der Waals surface area contributed by atoms with Crippen LogP contribution in [0.2, 0.25) is 0 Å². The number of hydrogen-bond acceptors (Lipinski definition) is 1. The van der Waals surface area contributed by atoms with Gasteiger partial charge in [-0.05, 0) is 31.4 Å². The van der Waals surface area contributed by atoms with Crippen LogP contribution in [0, 0.1) is 6.92 Å². The summed E-state index contributed by atoms with van der Waals surface area (Å²) in [6.45, 7) is 4.19. The molecule has 0 bridgehead atoms. The Bertz CT molecular complexity index is 347. The molecule has 0 aliphatic rings. The second-order valence-electron chi connectivity index (χ2n) is 3.75. The van der Waals surface area contributed by atoms with Gasteiger partial charge in [-0.1, -0.05) is 31.0 Å². The van der Waals surface area contributed by atoms with Gasteiger partial charge in [-0.25, -0.2) is 4.79 Å². The smallest absolute Gasteiger partial charge is 0.316 e. The van der Waals surface area contributed by atoms with Crippen LogP contribution >= 0.6 is 0 Å². The molecule has 0 atom stereocenters. The summed E-state index contributed by atoms with van der Waals surface area (Å²) in [7, 11) is 0. The minimum Gasteiger partial charge on any atom is -0.351 e. The summed E-state index contributed by atoms with van der Waals surface area (Å²) in [5.41, 5.74) is 8.31. The van der Waals surface area contributed by atoms with E-state index in [9.17, 15) is 4.79 Å². The van der Waals surface area contributed by atoms with E-state index < -0.39 is 6.03 Å². The molecule has 0 unspecified atom stereocenters. The number of anilines is 1. The standard InChI is InChI=1S/C12H18N2O/c1-3-4-5-10-8-9(2)6-7-11(10)14-12(13)15/h6-8H,3-5H2,1-2H3,(H3,13,14,15). The Morgan fingerprint density at radius 3 is 2.80 bits per heavy atom. The van der Waals surface area contributed by atoms with Gasteiger partial charge in [0, 0.05) is 5.69 Å². The van der Waals surface area contributed by atoms with Crippen LogP contribution in [0.5, 0.6) is 0 Å². The molecule has 1 rings (SSSR count). The minimum atomic E-state index is -0.503. The number of amides is 2. The van der Waals surface area contributed by atoms with Crippen LogP contribution in [0.25, 0.3) is 0 Å². The van der Waals surface area contributed by atoms with Gasteiger partial charge in [0.15, 0.2) is 0 Å². The molecule has 0 aliphatic heterocycles. The van der Waals surface area contributed by atoms with E-state index >= 15 is 0 Å². The summed E-state index contributed by atoms with van der Waals surface area (Å²) < 4.78 is 0. The molecule has 3 heteroatoms. The van der Waals surface area contributed by atoms with Crippen molar-refractivity contribution in [3.05, 3.63) is 29.3 Å². The summed E-state index contributed by atoms with van der Waals surface area (Å²) in [6.07, 6.45) is 3.24. The molecule has 3 nitrogen and oxygen atoms in total. The van der Waals surface area contributed by atoms with Gasteiger partial charge in [0.05, 0.1) is 0 Å². The first-order valence-corrected chi connectivity index (χ1v) is 5.29. The average molecular weight is 206 g/mol. The Morgan fingerprint density at radius 1 is 1.47 bits per heavy atom. The molecule has 0 aliphatic carbocycles. The van der Waals surface area contributed by atoms with E-state index in [1.165, 1.54) is 5.56 Å². The molecule has 1 aromatic carbocycles. The van der Waals surface area contributed by atoms with Crippen molar-refractivity contribution in [1.29, 1.82) is 0 Å². The number of rotatable bonds is 4. The first-order valence-electron chi connectivity index (χ1n) is 5.29. The molecule has 15 heavy (non-hydrogen) atoms. The first-order chi connectivity index (χ1) is 7.13. The van der Waals surface area contributed by atoms with E-state index in [1.807, 2.05) is 19.1 Å². The maximum absolute atomic E-state index is 10.8. The Labute approximate surface area is 90.7 Å². The van der Waals surface area contributed by atoms with Crippen molar-refractivity contribution in [2.24, 2.45) is 5.73 Å². The quantitative estimate of drug-likeness (QED) is 0.782. The van der Waals surface area contributed by atoms with Crippen molar-refractivity contribution in [3.8, 4) is 0 Å². The third-order valence-corrected chi connectivity index (χ3v) is 2.32. The monoisotopic (exact) mass is 206 g/mol. The van der Waals surface area contributed by atoms with Crippen molar-refractivity contribution >= 4 is 11.7 Å². The van der Waals surface area contributed by atoms with Crippen molar-refractivity contribution in [3.63, 3.8) is 0 Å². The average Bonchev–Trinajstić information content (AvgIpc) is 2.18. The molecule has 0 saturated heterocycles. The number of urea groups is 1. The van der Waals surface area contributed by atoms with Gasteiger partial charge in [0.1, 0.15) is 0 Å². The zero-order valence-corrected chi connectivity index (χ0v) is 9.34. The number of nitrogens with two attached hydrogens (primary N) is 1. The summed E-state index contributed by atoms with van der Waals surface area (Å²) in [6, 6.07) is 5.48. The normalized spacial score (nSPS) is 10.0. The van der Waals surface area contributed by atoms with Gasteiger partial charge < -0.3 is 11.1 Å². The molecule has 1 aromatic rings. The maximum Gasteiger partial charge on any atom is 0.316 e. The molecule has 0 radical (unpaired) electrons. The number of aryl methyl sites for hydroxylation is 2. The zero-order valence-electron chi connectivity index (χ0n) is 9.34. The highest BCUT2D eigenvalue weighted by Crippen LogP contribution is 2.19. The second-order valence-corrected chi connectivity index (χ2v) is 3.75. The molecule has 0 aromatic heterocycles. The SMILES string of the molecule is CCCCc1cc(C)ccc1NC(N)=O. The van der Waals surface area contributed by atoms with E-state index in [0.717, 1.165) is 30.5 Å². The summed E-state index contributed by atoms with van der Waals surface area (Å²) in [5.74, 6) is 0. The van der Waals surface area contributed by atoms with Crippen LogP contribution in [0.4, 0.5) is 10.5 Å². The molecule has 82 valence electrons. The summed E-state index contributed by atoms with van der Waals surface area (Å²) >= 11 is 0. The van der Waals surface area contributed by atoms with E-state index in [4.69, 9.17) is 5.73 Å². The predicted molar refractivity (Wildman–Crippen MR) is 63.0 cm³/mol. The molecule has 2 amide bonds. The van der Waals surface area contributed by atoms with Gasteiger partial charge in [-0.2, -0.15) is 0 Å². The lowest BCUT2D eigenvalue weighted by atomic mass is 10.0. The highest BCUT2D eigenvalue weighted by Gasteiger charge is 2.04. The number of unbranched alkanes of at least 4 members (excludes halogenated alkanes) is 1. The molecule has 0 heterocycles. The number of nitrogens with one attached hydrogen (secondary N) is 1. The fourth-order valence-electron chi connectivity index (χ4n) is 1.55. The minimum absolute atomic E-state index is 0.503. The molecule has 0 saturated carbocycles. The first kappa shape index (κ1) is 11.6. The van der Waals surface area contributed by atoms with Gasteiger partial charge in [0.25, 0.3) is 0 Å². The van der Waals surface area contributed by atoms with Crippen LogP contribution in [-0.4, -0.2) is 6.03 Å². The maximum atomic E-state index is 10.8. The number of primary amides is 1. The summed E-state index contributed by atoms with van der Waals surface area (Å²) in [5, 5.41) is 2.65. The van der Waals surface area contributed by atoms with Gasteiger partial charge in [-0.3, -0.25) is 0 Å². The lowest BCUT2D eigenvalue weighted by molar-refractivity contribution is 0.259. The number of hydrogen-bond donors (Lipinski definition) is 2. The number of carbonyl (C=O) groups excluding carboxylic acids is 1. The fraction of sp³-hybridized carbons (Fsp3) is 0.417. The van der Waals surface area contributed by atoms with Gasteiger partial charge in [-0.15, -0.1) is 0 Å². The molecular weight excluding hydrogens is 188 g/mol. The number of benzene rings is 1. The van der Waals surface area contributed by atoms with E-state index in [-0.39, 0.29) is 0 Å². The van der Waals surface area contributed by atoms with E-state index in [1.54, 1.807) is 0 Å². The fourth-order valence-corrected chi connectivity index (χ4v) is 1.55. The Morgan fingerprint density at radius 2 is 2.20 bits per heavy atom. The number of carbonyl (C=O) groups is 1. The lowest BCUT2D eigenvalue weighted by Crippen LogP contribution is -2.20. The zero-order chi connectivity index (χ0) is 11.3. The summed E-state index contributed by atoms with van der Waals surface area (Å²) in [4.78, 5) is 10.8. The topological polar surface area (TPSA) is 55.1 Å². The van der Waals surface area contributed by atoms with Crippen LogP contribution in [-0.2, 0) is 6.42 Å². The Balaban J connectivity index is 2.87. The van der Waals surface area contributed by atoms with Crippen LogP contribution in [0.1, 0.15) is 30.9 Å². The Hall–Kier alpha value is -1.51. The highest BCUT2D eigenvalue weighted by atomic mass is 16.2. The van der Waals surface area contributed by atoms with Gasteiger partial charge in [0.2, 0.25) is 0 Å². The van der Waals surface area contributed by atoms with E-state index in [2.05, 4.69) is 18.3 Å². The Kier molecular flexibility index (Phi) is 4.16. The molecule has 3 N–H and O–H groups in total. The van der Waals surface area contributed by atoms with E-state index in [0.29, 0.717) is 0 Å². The van der Waals surface area contributed by atoms with Gasteiger partial charge >= 0.3 is 6.03 Å². The van der Waals surface area contributed by atoms with Crippen LogP contribution in [0.3, 0.4) is 0 Å². The van der Waals surface area contributed by atoms with Crippen LogP contribution in [0.15, 0.2) is 18.2 Å². The largest absolute Gasteiger partial charge is 0.351 e. The molecule has 0 spiro atoms. The predicted octanol–water partition coefficient (Wildman–Crippen LogP) is 2.83. The van der Waals surface area contributed by atoms with Crippen molar-refractivity contribution in [1.82, 2.24) is 0 Å². The van der Waals surface area contributed by atoms with Crippen molar-refractivity contribution in [2.75, 3.05) is 5.32 Å². The third-order valence-electron chi connectivity index (χ3n) is 2.32. The van der Waals surface area contributed by atoms with Crippen LogP contribution < -0.4 is 11.1 Å².